The lowest BCUT2D eigenvalue weighted by Gasteiger charge is -2.58. The van der Waals surface area contributed by atoms with Gasteiger partial charge in [-0.3, -0.25) is 14.4 Å². The van der Waals surface area contributed by atoms with Crippen LogP contribution >= 0.6 is 0 Å². The SMILES string of the molecule is CC12C(=O)CCC1C1CCC3CC(=O)CCC3(C)C1CC2=O. The van der Waals surface area contributed by atoms with Crippen molar-refractivity contribution < 1.29 is 14.4 Å². The third-order valence-corrected chi connectivity index (χ3v) is 8.07. The van der Waals surface area contributed by atoms with Crippen molar-refractivity contribution in [2.24, 2.45) is 34.5 Å². The number of carbonyl (C=O) groups is 3. The molecule has 0 bridgehead atoms. The molecule has 3 nitrogen and oxygen atoms in total. The number of fused-ring (bicyclic) bond motifs is 5. The van der Waals surface area contributed by atoms with Gasteiger partial charge < -0.3 is 0 Å². The van der Waals surface area contributed by atoms with Gasteiger partial charge in [0.15, 0.2) is 0 Å². The second-order valence-electron chi connectivity index (χ2n) is 8.69. The van der Waals surface area contributed by atoms with Crippen LogP contribution in [0.15, 0.2) is 0 Å². The van der Waals surface area contributed by atoms with Crippen molar-refractivity contribution >= 4 is 17.3 Å². The van der Waals surface area contributed by atoms with Crippen molar-refractivity contribution in [1.29, 1.82) is 0 Å². The van der Waals surface area contributed by atoms with E-state index in [0.717, 1.165) is 32.1 Å². The predicted octanol–water partition coefficient (Wildman–Crippen LogP) is 3.35. The molecule has 4 saturated carbocycles. The third kappa shape index (κ3) is 1.66. The van der Waals surface area contributed by atoms with Crippen molar-refractivity contribution in [3.63, 3.8) is 0 Å². The zero-order chi connectivity index (χ0) is 15.7. The van der Waals surface area contributed by atoms with Crippen molar-refractivity contribution in [3.05, 3.63) is 0 Å². The van der Waals surface area contributed by atoms with Gasteiger partial charge in [0, 0.05) is 25.7 Å². The summed E-state index contributed by atoms with van der Waals surface area (Å²) in [5.74, 6) is 2.43. The molecule has 0 radical (unpaired) electrons. The van der Waals surface area contributed by atoms with Gasteiger partial charge >= 0.3 is 0 Å². The number of Topliss-reactive ketones (excluding diaryl/α,β-unsaturated/α-hetero) is 3. The normalized spacial score (nSPS) is 51.3. The largest absolute Gasteiger partial charge is 0.300 e. The Morgan fingerprint density at radius 3 is 2.41 bits per heavy atom. The first-order chi connectivity index (χ1) is 10.4. The van der Waals surface area contributed by atoms with Gasteiger partial charge in [0.2, 0.25) is 0 Å². The Hall–Kier alpha value is -0.990. The molecule has 0 N–H and O–H groups in total. The molecule has 0 saturated heterocycles. The second kappa shape index (κ2) is 4.52. The molecule has 4 fully saturated rings. The third-order valence-electron chi connectivity index (χ3n) is 8.07. The zero-order valence-corrected chi connectivity index (χ0v) is 13.7. The second-order valence-corrected chi connectivity index (χ2v) is 8.69. The van der Waals surface area contributed by atoms with Gasteiger partial charge in [-0.25, -0.2) is 0 Å². The van der Waals surface area contributed by atoms with Crippen LogP contribution in [0.3, 0.4) is 0 Å². The molecule has 0 aliphatic heterocycles. The quantitative estimate of drug-likeness (QED) is 0.645. The van der Waals surface area contributed by atoms with Gasteiger partial charge in [-0.05, 0) is 61.7 Å². The average molecular weight is 302 g/mol. The molecule has 22 heavy (non-hydrogen) atoms. The maximum absolute atomic E-state index is 12.9. The Labute approximate surface area is 132 Å². The van der Waals surface area contributed by atoms with E-state index in [0.29, 0.717) is 42.8 Å². The fourth-order valence-electron chi connectivity index (χ4n) is 6.55. The van der Waals surface area contributed by atoms with E-state index in [1.54, 1.807) is 0 Å². The maximum Gasteiger partial charge on any atom is 0.146 e. The molecule has 4 aliphatic carbocycles. The molecule has 0 aromatic rings. The molecule has 4 aliphatic rings. The molecule has 120 valence electrons. The Bertz CT molecular complexity index is 565. The maximum atomic E-state index is 12.9. The molecule has 0 spiro atoms. The van der Waals surface area contributed by atoms with Crippen LogP contribution < -0.4 is 0 Å². The van der Waals surface area contributed by atoms with Crippen LogP contribution in [0.5, 0.6) is 0 Å². The molecule has 0 aromatic heterocycles. The van der Waals surface area contributed by atoms with Gasteiger partial charge in [-0.15, -0.1) is 0 Å². The van der Waals surface area contributed by atoms with Crippen molar-refractivity contribution in [1.82, 2.24) is 0 Å². The lowest BCUT2D eigenvalue weighted by Crippen LogP contribution is -2.56. The molecule has 4 rings (SSSR count). The Morgan fingerprint density at radius 1 is 0.864 bits per heavy atom. The van der Waals surface area contributed by atoms with Gasteiger partial charge in [0.1, 0.15) is 17.3 Å². The molecule has 0 aromatic carbocycles. The van der Waals surface area contributed by atoms with Gasteiger partial charge in [-0.2, -0.15) is 0 Å². The van der Waals surface area contributed by atoms with Crippen LogP contribution in [-0.2, 0) is 14.4 Å². The summed E-state index contributed by atoms with van der Waals surface area (Å²) in [5.41, 5.74) is -0.547. The predicted molar refractivity (Wildman–Crippen MR) is 82.1 cm³/mol. The van der Waals surface area contributed by atoms with E-state index in [9.17, 15) is 14.4 Å². The zero-order valence-electron chi connectivity index (χ0n) is 13.7. The topological polar surface area (TPSA) is 51.2 Å². The fourth-order valence-corrected chi connectivity index (χ4v) is 6.55. The first-order valence-electron chi connectivity index (χ1n) is 8.95. The Balaban J connectivity index is 1.71. The van der Waals surface area contributed by atoms with Crippen LogP contribution in [0.2, 0.25) is 0 Å². The molecule has 0 heterocycles. The van der Waals surface area contributed by atoms with E-state index in [1.807, 2.05) is 6.92 Å². The summed E-state index contributed by atoms with van der Waals surface area (Å²) in [6.07, 6.45) is 6.64. The van der Waals surface area contributed by atoms with E-state index in [1.165, 1.54) is 0 Å². The van der Waals surface area contributed by atoms with Gasteiger partial charge in [-0.1, -0.05) is 6.92 Å². The summed E-state index contributed by atoms with van der Waals surface area (Å²) < 4.78 is 0. The van der Waals surface area contributed by atoms with E-state index in [4.69, 9.17) is 0 Å². The summed E-state index contributed by atoms with van der Waals surface area (Å²) in [6.45, 7) is 4.25. The monoisotopic (exact) mass is 302 g/mol. The summed E-state index contributed by atoms with van der Waals surface area (Å²) in [5, 5.41) is 0. The van der Waals surface area contributed by atoms with Crippen LogP contribution in [0.25, 0.3) is 0 Å². The van der Waals surface area contributed by atoms with Crippen LogP contribution in [0.4, 0.5) is 0 Å². The smallest absolute Gasteiger partial charge is 0.146 e. The van der Waals surface area contributed by atoms with Crippen molar-refractivity contribution in [3.8, 4) is 0 Å². The lowest BCUT2D eigenvalue weighted by molar-refractivity contribution is -0.158. The number of carbonyl (C=O) groups excluding carboxylic acids is 3. The highest BCUT2D eigenvalue weighted by molar-refractivity contribution is 6.09. The van der Waals surface area contributed by atoms with E-state index in [2.05, 4.69) is 6.92 Å². The molecule has 6 unspecified atom stereocenters. The standard InChI is InChI=1S/C19H26O3/c1-18-8-7-12(20)9-11(18)3-4-13-14-5-6-16(21)19(14,2)17(22)10-15(13)18/h11,13-15H,3-10H2,1-2H3. The fraction of sp³-hybridized carbons (Fsp3) is 0.842. The summed E-state index contributed by atoms with van der Waals surface area (Å²) >= 11 is 0. The minimum atomic E-state index is -0.686. The van der Waals surface area contributed by atoms with E-state index >= 15 is 0 Å². The van der Waals surface area contributed by atoms with Gasteiger partial charge in [0.25, 0.3) is 0 Å². The number of ketones is 3. The molecular formula is C19H26O3. The van der Waals surface area contributed by atoms with E-state index in [-0.39, 0.29) is 22.9 Å². The average Bonchev–Trinajstić information content (AvgIpc) is 2.79. The lowest BCUT2D eigenvalue weighted by atomic mass is 9.45. The number of hydrogen-bond acceptors (Lipinski definition) is 3. The minimum Gasteiger partial charge on any atom is -0.300 e. The summed E-state index contributed by atoms with van der Waals surface area (Å²) in [4.78, 5) is 37.1. The Kier molecular flexibility index (Phi) is 3.00. The molecule has 3 heteroatoms. The number of rotatable bonds is 0. The summed E-state index contributed by atoms with van der Waals surface area (Å²) in [7, 11) is 0. The Morgan fingerprint density at radius 2 is 1.64 bits per heavy atom. The molecule has 0 amide bonds. The highest BCUT2D eigenvalue weighted by atomic mass is 16.2. The van der Waals surface area contributed by atoms with Gasteiger partial charge in [0.05, 0.1) is 5.41 Å². The molecular weight excluding hydrogens is 276 g/mol. The van der Waals surface area contributed by atoms with Crippen molar-refractivity contribution in [2.45, 2.75) is 65.2 Å². The highest BCUT2D eigenvalue weighted by Crippen LogP contribution is 2.64. The summed E-state index contributed by atoms with van der Waals surface area (Å²) in [6, 6.07) is 0. The highest BCUT2D eigenvalue weighted by Gasteiger charge is 2.63. The molecule has 6 atom stereocenters. The van der Waals surface area contributed by atoms with E-state index < -0.39 is 5.41 Å². The van der Waals surface area contributed by atoms with Crippen LogP contribution in [-0.4, -0.2) is 17.3 Å². The van der Waals surface area contributed by atoms with Crippen LogP contribution in [0, 0.1) is 34.5 Å². The first-order valence-corrected chi connectivity index (χ1v) is 8.95. The van der Waals surface area contributed by atoms with Crippen molar-refractivity contribution in [2.75, 3.05) is 0 Å². The number of hydrogen-bond donors (Lipinski definition) is 0. The first kappa shape index (κ1) is 14.6. The minimum absolute atomic E-state index is 0.138. The van der Waals surface area contributed by atoms with Crippen LogP contribution in [0.1, 0.15) is 65.2 Å².